The Hall–Kier alpha value is -2.83. The van der Waals surface area contributed by atoms with Crippen molar-refractivity contribution in [1.82, 2.24) is 15.6 Å². The van der Waals surface area contributed by atoms with Gasteiger partial charge in [0.15, 0.2) is 0 Å². The molecule has 0 aliphatic rings. The quantitative estimate of drug-likeness (QED) is 0.166. The lowest BCUT2D eigenvalue weighted by Crippen LogP contribution is -2.18. The zero-order valence-electron chi connectivity index (χ0n) is 18.6. The first-order valence-electron chi connectivity index (χ1n) is 11.1. The van der Waals surface area contributed by atoms with Crippen LogP contribution < -0.4 is 10.2 Å². The number of rotatable bonds is 12. The van der Waals surface area contributed by atoms with E-state index >= 15 is 0 Å². The number of halogens is 2. The monoisotopic (exact) mass is 486 g/mol. The second kappa shape index (κ2) is 13.0. The van der Waals surface area contributed by atoms with E-state index in [9.17, 15) is 4.79 Å². The van der Waals surface area contributed by atoms with Gasteiger partial charge in [-0.15, -0.1) is 0 Å². The summed E-state index contributed by atoms with van der Waals surface area (Å²) in [5.74, 6) is 0.414. The maximum absolute atomic E-state index is 12.3. The second-order valence-corrected chi connectivity index (χ2v) is 8.43. The van der Waals surface area contributed by atoms with Crippen molar-refractivity contribution < 1.29 is 9.53 Å². The van der Waals surface area contributed by atoms with E-state index in [1.165, 1.54) is 38.3 Å². The smallest absolute Gasteiger partial charge is 0.289 e. The lowest BCUT2D eigenvalue weighted by atomic mass is 10.1. The Morgan fingerprint density at radius 2 is 1.85 bits per heavy atom. The van der Waals surface area contributed by atoms with Crippen LogP contribution >= 0.6 is 23.2 Å². The molecular formula is C25H28Cl2N4O2. The highest BCUT2D eigenvalue weighted by molar-refractivity contribution is 6.43. The number of H-pyrrole nitrogens is 1. The minimum Gasteiger partial charge on any atom is -0.494 e. The summed E-state index contributed by atoms with van der Waals surface area (Å²) in [4.78, 5) is 12.3. The fourth-order valence-corrected chi connectivity index (χ4v) is 3.58. The van der Waals surface area contributed by atoms with Crippen LogP contribution in [0.1, 0.15) is 61.5 Å². The highest BCUT2D eigenvalue weighted by atomic mass is 35.5. The van der Waals surface area contributed by atoms with E-state index < -0.39 is 5.91 Å². The van der Waals surface area contributed by atoms with Crippen molar-refractivity contribution in [3.8, 4) is 17.0 Å². The molecule has 0 spiro atoms. The highest BCUT2D eigenvalue weighted by Crippen LogP contribution is 2.24. The molecule has 0 saturated heterocycles. The number of aromatic amines is 1. The van der Waals surface area contributed by atoms with Crippen LogP contribution in [-0.2, 0) is 0 Å². The van der Waals surface area contributed by atoms with Gasteiger partial charge >= 0.3 is 0 Å². The third-order valence-electron chi connectivity index (χ3n) is 5.09. The van der Waals surface area contributed by atoms with E-state index in [4.69, 9.17) is 27.9 Å². The summed E-state index contributed by atoms with van der Waals surface area (Å²) in [6.07, 6.45) is 8.85. The Morgan fingerprint density at radius 1 is 1.09 bits per heavy atom. The first-order chi connectivity index (χ1) is 16.1. The lowest BCUT2D eigenvalue weighted by molar-refractivity contribution is 0.0950. The first kappa shape index (κ1) is 24.8. The van der Waals surface area contributed by atoms with Crippen molar-refractivity contribution in [3.63, 3.8) is 0 Å². The van der Waals surface area contributed by atoms with E-state index in [0.717, 1.165) is 24.3 Å². The Balaban J connectivity index is 1.48. The Kier molecular flexibility index (Phi) is 9.78. The number of hydrazone groups is 1. The molecular weight excluding hydrogens is 459 g/mol. The molecule has 3 aromatic rings. The number of amides is 1. The molecule has 0 saturated carbocycles. The summed E-state index contributed by atoms with van der Waals surface area (Å²) in [5, 5.41) is 11.7. The van der Waals surface area contributed by atoms with Crippen LogP contribution in [0.4, 0.5) is 0 Å². The number of unbranched alkanes of at least 4 members (excludes halogenated alkanes) is 5. The number of benzene rings is 2. The molecule has 2 N–H and O–H groups in total. The van der Waals surface area contributed by atoms with Crippen molar-refractivity contribution >= 4 is 35.3 Å². The molecule has 3 rings (SSSR count). The summed E-state index contributed by atoms with van der Waals surface area (Å²) in [6, 6.07) is 14.5. The molecule has 0 aliphatic heterocycles. The van der Waals surface area contributed by atoms with E-state index in [0.29, 0.717) is 27.0 Å². The molecule has 1 aromatic heterocycles. The molecule has 8 heteroatoms. The van der Waals surface area contributed by atoms with E-state index in [-0.39, 0.29) is 0 Å². The maximum Gasteiger partial charge on any atom is 0.289 e. The van der Waals surface area contributed by atoms with E-state index in [1.807, 2.05) is 24.3 Å². The Morgan fingerprint density at radius 3 is 2.64 bits per heavy atom. The van der Waals surface area contributed by atoms with Gasteiger partial charge < -0.3 is 4.74 Å². The van der Waals surface area contributed by atoms with E-state index in [1.54, 1.807) is 24.3 Å². The summed E-state index contributed by atoms with van der Waals surface area (Å²) in [6.45, 7) is 2.94. The molecule has 0 bridgehead atoms. The fraction of sp³-hybridized carbons (Fsp3) is 0.320. The number of ether oxygens (including phenoxy) is 1. The molecule has 0 atom stereocenters. The van der Waals surface area contributed by atoms with Gasteiger partial charge in [0.05, 0.1) is 28.6 Å². The van der Waals surface area contributed by atoms with Gasteiger partial charge in [-0.05, 0) is 42.8 Å². The number of carbonyl (C=O) groups excluding carboxylic acids is 1. The van der Waals surface area contributed by atoms with Crippen LogP contribution in [0.5, 0.6) is 5.75 Å². The minimum absolute atomic E-state index is 0.294. The molecule has 1 amide bonds. The zero-order valence-corrected chi connectivity index (χ0v) is 20.1. The standard InChI is InChI=1S/C25H28Cl2N4O2/c1-2-3-4-5-6-7-15-33-20-13-11-18(12-14-20)22-16-23(30-29-22)25(32)31-28-17-19-9-8-10-21(26)24(19)27/h8-14,16-17H,2-7,15H2,1H3,(H,29,30)(H,31,32)/b28-17-. The number of hydrogen-bond donors (Lipinski definition) is 2. The number of nitrogens with one attached hydrogen (secondary N) is 2. The van der Waals surface area contributed by atoms with Crippen LogP contribution in [0, 0.1) is 0 Å². The normalized spacial score (nSPS) is 11.1. The molecule has 0 unspecified atom stereocenters. The van der Waals surface area contributed by atoms with Crippen molar-refractivity contribution in [3.05, 3.63) is 69.8 Å². The van der Waals surface area contributed by atoms with Crippen molar-refractivity contribution in [2.75, 3.05) is 6.61 Å². The van der Waals surface area contributed by atoms with Gasteiger partial charge in [-0.3, -0.25) is 9.89 Å². The van der Waals surface area contributed by atoms with Crippen molar-refractivity contribution in [2.24, 2.45) is 5.10 Å². The van der Waals surface area contributed by atoms with Gasteiger partial charge in [-0.25, -0.2) is 5.43 Å². The minimum atomic E-state index is -0.415. The van der Waals surface area contributed by atoms with Crippen molar-refractivity contribution in [2.45, 2.75) is 45.4 Å². The molecule has 2 aromatic carbocycles. The molecule has 0 aliphatic carbocycles. The predicted octanol–water partition coefficient (Wildman–Crippen LogP) is 6.89. The first-order valence-corrected chi connectivity index (χ1v) is 11.9. The largest absolute Gasteiger partial charge is 0.494 e. The summed E-state index contributed by atoms with van der Waals surface area (Å²) in [7, 11) is 0. The zero-order chi connectivity index (χ0) is 23.5. The van der Waals surface area contributed by atoms with Gasteiger partial charge in [-0.1, -0.05) is 74.4 Å². The van der Waals surface area contributed by atoms with Gasteiger partial charge in [0, 0.05) is 11.1 Å². The molecule has 33 heavy (non-hydrogen) atoms. The van der Waals surface area contributed by atoms with Crippen LogP contribution in [0.3, 0.4) is 0 Å². The molecule has 174 valence electrons. The van der Waals surface area contributed by atoms with Gasteiger partial charge in [0.2, 0.25) is 0 Å². The number of nitrogens with zero attached hydrogens (tertiary/aromatic N) is 2. The average molecular weight is 487 g/mol. The third-order valence-corrected chi connectivity index (χ3v) is 5.92. The number of hydrogen-bond acceptors (Lipinski definition) is 4. The number of aromatic nitrogens is 2. The van der Waals surface area contributed by atoms with Crippen LogP contribution in [-0.4, -0.2) is 28.9 Å². The lowest BCUT2D eigenvalue weighted by Gasteiger charge is -2.06. The molecule has 1 heterocycles. The van der Waals surface area contributed by atoms with Crippen LogP contribution in [0.25, 0.3) is 11.3 Å². The SMILES string of the molecule is CCCCCCCCOc1ccc(-c2cc(C(=O)N/N=C\c3cccc(Cl)c3Cl)[nH]n2)cc1. The fourth-order valence-electron chi connectivity index (χ4n) is 3.22. The second-order valence-electron chi connectivity index (χ2n) is 7.65. The maximum atomic E-state index is 12.3. The Labute approximate surface area is 204 Å². The van der Waals surface area contributed by atoms with Crippen LogP contribution in [0.2, 0.25) is 10.0 Å². The van der Waals surface area contributed by atoms with E-state index in [2.05, 4.69) is 27.6 Å². The topological polar surface area (TPSA) is 79.4 Å². The third kappa shape index (κ3) is 7.62. The van der Waals surface area contributed by atoms with Gasteiger partial charge in [0.25, 0.3) is 5.91 Å². The Bertz CT molecular complexity index is 1060. The molecule has 0 fully saturated rings. The number of carbonyl (C=O) groups is 1. The summed E-state index contributed by atoms with van der Waals surface area (Å²) < 4.78 is 5.82. The van der Waals surface area contributed by atoms with Gasteiger partial charge in [0.1, 0.15) is 11.4 Å². The summed E-state index contributed by atoms with van der Waals surface area (Å²) >= 11 is 12.1. The molecule has 0 radical (unpaired) electrons. The molecule has 6 nitrogen and oxygen atoms in total. The average Bonchev–Trinajstić information content (AvgIpc) is 3.32. The highest BCUT2D eigenvalue weighted by Gasteiger charge is 2.11. The van der Waals surface area contributed by atoms with Crippen LogP contribution in [0.15, 0.2) is 53.6 Å². The predicted molar refractivity (Wildman–Crippen MR) is 134 cm³/mol. The summed E-state index contributed by atoms with van der Waals surface area (Å²) in [5.41, 5.74) is 4.89. The van der Waals surface area contributed by atoms with Crippen molar-refractivity contribution in [1.29, 1.82) is 0 Å². The van der Waals surface area contributed by atoms with Gasteiger partial charge in [-0.2, -0.15) is 10.2 Å².